The van der Waals surface area contributed by atoms with Crippen LogP contribution < -0.4 is 5.73 Å². The molecular formula is C14H23N3. The smallest absolute Gasteiger partial charge is 0.0271 e. The highest BCUT2D eigenvalue weighted by atomic mass is 15.1. The van der Waals surface area contributed by atoms with Gasteiger partial charge in [0, 0.05) is 31.0 Å². The highest BCUT2D eigenvalue weighted by Gasteiger charge is 2.23. The molecule has 1 aromatic heterocycles. The van der Waals surface area contributed by atoms with Crippen LogP contribution in [0, 0.1) is 0 Å². The van der Waals surface area contributed by atoms with Crippen molar-refractivity contribution in [3.8, 4) is 0 Å². The lowest BCUT2D eigenvalue weighted by Crippen LogP contribution is -2.42. The van der Waals surface area contributed by atoms with E-state index in [1.54, 1.807) is 0 Å². The zero-order valence-electron chi connectivity index (χ0n) is 10.7. The van der Waals surface area contributed by atoms with Gasteiger partial charge in [0.2, 0.25) is 0 Å². The molecule has 1 fully saturated rings. The summed E-state index contributed by atoms with van der Waals surface area (Å²) in [4.78, 5) is 6.61. The van der Waals surface area contributed by atoms with Crippen LogP contribution in [0.3, 0.4) is 0 Å². The highest BCUT2D eigenvalue weighted by molar-refractivity contribution is 5.09. The Balaban J connectivity index is 1.96. The summed E-state index contributed by atoms with van der Waals surface area (Å²) >= 11 is 0. The molecule has 3 nitrogen and oxygen atoms in total. The highest BCUT2D eigenvalue weighted by Crippen LogP contribution is 2.23. The van der Waals surface area contributed by atoms with Crippen molar-refractivity contribution in [2.24, 2.45) is 5.73 Å². The maximum Gasteiger partial charge on any atom is 0.0271 e. The molecule has 0 bridgehead atoms. The van der Waals surface area contributed by atoms with Gasteiger partial charge in [-0.2, -0.15) is 0 Å². The van der Waals surface area contributed by atoms with Gasteiger partial charge in [-0.25, -0.2) is 0 Å². The van der Waals surface area contributed by atoms with Crippen molar-refractivity contribution in [2.75, 3.05) is 6.54 Å². The number of hydrogen-bond donors (Lipinski definition) is 1. The first-order valence-electron chi connectivity index (χ1n) is 6.68. The minimum Gasteiger partial charge on any atom is -0.328 e. The Labute approximate surface area is 104 Å². The Bertz CT molecular complexity index is 325. The molecule has 3 heteroatoms. The van der Waals surface area contributed by atoms with E-state index in [2.05, 4.69) is 28.9 Å². The van der Waals surface area contributed by atoms with E-state index in [0.29, 0.717) is 12.1 Å². The van der Waals surface area contributed by atoms with Crippen LogP contribution in [0.2, 0.25) is 0 Å². The largest absolute Gasteiger partial charge is 0.328 e. The van der Waals surface area contributed by atoms with Crippen LogP contribution in [-0.2, 0) is 6.54 Å². The zero-order valence-corrected chi connectivity index (χ0v) is 10.7. The van der Waals surface area contributed by atoms with E-state index >= 15 is 0 Å². The van der Waals surface area contributed by atoms with Gasteiger partial charge in [0.15, 0.2) is 0 Å². The van der Waals surface area contributed by atoms with Crippen LogP contribution >= 0.6 is 0 Å². The van der Waals surface area contributed by atoms with Gasteiger partial charge in [-0.3, -0.25) is 9.88 Å². The lowest BCUT2D eigenvalue weighted by atomic mass is 9.90. The van der Waals surface area contributed by atoms with E-state index in [4.69, 9.17) is 5.73 Å². The number of rotatable bonds is 4. The second kappa shape index (κ2) is 6.12. The van der Waals surface area contributed by atoms with E-state index in [0.717, 1.165) is 19.5 Å². The molecule has 2 rings (SSSR count). The molecule has 17 heavy (non-hydrogen) atoms. The normalized spacial score (nSPS) is 25.1. The summed E-state index contributed by atoms with van der Waals surface area (Å²) in [6.07, 6.45) is 8.67. The van der Waals surface area contributed by atoms with Gasteiger partial charge in [0.1, 0.15) is 0 Å². The summed E-state index contributed by atoms with van der Waals surface area (Å²) < 4.78 is 0. The van der Waals surface area contributed by atoms with Crippen LogP contribution in [0.5, 0.6) is 0 Å². The lowest BCUT2D eigenvalue weighted by molar-refractivity contribution is 0.147. The molecule has 0 radical (unpaired) electrons. The predicted molar refractivity (Wildman–Crippen MR) is 70.6 cm³/mol. The van der Waals surface area contributed by atoms with Crippen LogP contribution in [0.15, 0.2) is 24.5 Å². The summed E-state index contributed by atoms with van der Waals surface area (Å²) in [6, 6.07) is 5.27. The van der Waals surface area contributed by atoms with Crippen molar-refractivity contribution < 1.29 is 0 Å². The first kappa shape index (κ1) is 12.5. The monoisotopic (exact) mass is 233 g/mol. The maximum atomic E-state index is 6.07. The second-order valence-corrected chi connectivity index (χ2v) is 5.00. The van der Waals surface area contributed by atoms with Gasteiger partial charge < -0.3 is 5.73 Å². The third-order valence-corrected chi connectivity index (χ3v) is 3.74. The standard InChI is InChI=1S/C14H23N3/c1-2-17(11-12-6-8-16-9-7-12)14-5-3-4-13(15)10-14/h6-9,13-14H,2-5,10-11,15H2,1H3. The van der Waals surface area contributed by atoms with Gasteiger partial charge in [0.25, 0.3) is 0 Å². The van der Waals surface area contributed by atoms with Crippen molar-refractivity contribution in [2.45, 2.75) is 51.2 Å². The van der Waals surface area contributed by atoms with Gasteiger partial charge in [-0.05, 0) is 43.5 Å². The first-order chi connectivity index (χ1) is 8.29. The Kier molecular flexibility index (Phi) is 4.51. The Morgan fingerprint density at radius 3 is 2.76 bits per heavy atom. The molecule has 0 spiro atoms. The molecule has 0 amide bonds. The summed E-state index contributed by atoms with van der Waals surface area (Å²) in [7, 11) is 0. The molecule has 0 aromatic carbocycles. The van der Waals surface area contributed by atoms with Crippen molar-refractivity contribution in [1.82, 2.24) is 9.88 Å². The van der Waals surface area contributed by atoms with Gasteiger partial charge in [0.05, 0.1) is 0 Å². The Hall–Kier alpha value is -0.930. The molecule has 0 saturated heterocycles. The fourth-order valence-corrected chi connectivity index (χ4v) is 2.75. The molecule has 1 saturated carbocycles. The summed E-state index contributed by atoms with van der Waals surface area (Å²) in [5.41, 5.74) is 7.42. The fraction of sp³-hybridized carbons (Fsp3) is 0.643. The number of nitrogens with zero attached hydrogens (tertiary/aromatic N) is 2. The minimum absolute atomic E-state index is 0.403. The molecule has 2 unspecified atom stereocenters. The van der Waals surface area contributed by atoms with Crippen LogP contribution in [0.25, 0.3) is 0 Å². The molecule has 1 heterocycles. The quantitative estimate of drug-likeness (QED) is 0.866. The third-order valence-electron chi connectivity index (χ3n) is 3.74. The zero-order chi connectivity index (χ0) is 12.1. The molecule has 1 aliphatic carbocycles. The summed E-state index contributed by atoms with van der Waals surface area (Å²) in [5.74, 6) is 0. The van der Waals surface area contributed by atoms with E-state index in [1.165, 1.54) is 24.8 Å². The number of aromatic nitrogens is 1. The first-order valence-corrected chi connectivity index (χ1v) is 6.68. The molecular weight excluding hydrogens is 210 g/mol. The number of nitrogens with two attached hydrogens (primary N) is 1. The second-order valence-electron chi connectivity index (χ2n) is 5.00. The van der Waals surface area contributed by atoms with Gasteiger partial charge in [-0.1, -0.05) is 13.3 Å². The third kappa shape index (κ3) is 3.51. The maximum absolute atomic E-state index is 6.07. The Morgan fingerprint density at radius 1 is 1.35 bits per heavy atom. The van der Waals surface area contributed by atoms with Crippen molar-refractivity contribution in [1.29, 1.82) is 0 Å². The van der Waals surface area contributed by atoms with Crippen LogP contribution in [-0.4, -0.2) is 28.5 Å². The van der Waals surface area contributed by atoms with Crippen molar-refractivity contribution in [3.05, 3.63) is 30.1 Å². The molecule has 94 valence electrons. The van der Waals surface area contributed by atoms with E-state index in [1.807, 2.05) is 12.4 Å². The van der Waals surface area contributed by atoms with Crippen molar-refractivity contribution in [3.63, 3.8) is 0 Å². The van der Waals surface area contributed by atoms with E-state index < -0.39 is 0 Å². The molecule has 2 atom stereocenters. The summed E-state index contributed by atoms with van der Waals surface area (Å²) in [6.45, 7) is 4.36. The average Bonchev–Trinajstić information content (AvgIpc) is 2.37. The van der Waals surface area contributed by atoms with Crippen LogP contribution in [0.1, 0.15) is 38.2 Å². The van der Waals surface area contributed by atoms with Crippen LogP contribution in [0.4, 0.5) is 0 Å². The Morgan fingerprint density at radius 2 is 2.12 bits per heavy atom. The predicted octanol–water partition coefficient (Wildman–Crippen LogP) is 2.17. The molecule has 1 aromatic rings. The number of pyridine rings is 1. The van der Waals surface area contributed by atoms with E-state index in [-0.39, 0.29) is 0 Å². The van der Waals surface area contributed by atoms with E-state index in [9.17, 15) is 0 Å². The fourth-order valence-electron chi connectivity index (χ4n) is 2.75. The van der Waals surface area contributed by atoms with Gasteiger partial charge >= 0.3 is 0 Å². The molecule has 0 aliphatic heterocycles. The van der Waals surface area contributed by atoms with Crippen molar-refractivity contribution >= 4 is 0 Å². The number of hydrogen-bond acceptors (Lipinski definition) is 3. The minimum atomic E-state index is 0.403. The lowest BCUT2D eigenvalue weighted by Gasteiger charge is -2.36. The average molecular weight is 233 g/mol. The molecule has 2 N–H and O–H groups in total. The van der Waals surface area contributed by atoms with Gasteiger partial charge in [-0.15, -0.1) is 0 Å². The summed E-state index contributed by atoms with van der Waals surface area (Å²) in [5, 5.41) is 0. The topological polar surface area (TPSA) is 42.2 Å². The SMILES string of the molecule is CCN(Cc1ccncc1)C1CCCC(N)C1. The molecule has 1 aliphatic rings.